The van der Waals surface area contributed by atoms with Crippen molar-refractivity contribution in [3.05, 3.63) is 28.2 Å². The van der Waals surface area contributed by atoms with E-state index in [1.54, 1.807) is 29.6 Å². The van der Waals surface area contributed by atoms with Gasteiger partial charge < -0.3 is 14.2 Å². The fourth-order valence-corrected chi connectivity index (χ4v) is 3.53. The number of piperazine rings is 1. The second kappa shape index (κ2) is 7.54. The molecule has 10 heteroatoms. The van der Waals surface area contributed by atoms with Crippen molar-refractivity contribution >= 4 is 16.1 Å². The molecule has 9 nitrogen and oxygen atoms in total. The van der Waals surface area contributed by atoms with Crippen LogP contribution >= 0.6 is 0 Å². The van der Waals surface area contributed by atoms with Crippen LogP contribution in [0.25, 0.3) is 0 Å². The highest BCUT2D eigenvalue weighted by molar-refractivity contribution is 7.86. The highest BCUT2D eigenvalue weighted by Gasteiger charge is 2.30. The van der Waals surface area contributed by atoms with Crippen LogP contribution in [-0.4, -0.2) is 79.3 Å². The maximum atomic E-state index is 12.2. The minimum Gasteiger partial charge on any atom is -0.478 e. The molecule has 1 amide bonds. The van der Waals surface area contributed by atoms with Crippen molar-refractivity contribution in [2.75, 3.05) is 46.9 Å². The largest absolute Gasteiger partial charge is 0.478 e. The molecule has 1 fully saturated rings. The summed E-state index contributed by atoms with van der Waals surface area (Å²) in [5, 5.41) is 0. The van der Waals surface area contributed by atoms with Crippen molar-refractivity contribution in [1.29, 1.82) is 0 Å². The van der Waals surface area contributed by atoms with Gasteiger partial charge in [-0.3, -0.25) is 9.59 Å². The minimum absolute atomic E-state index is 0.121. The van der Waals surface area contributed by atoms with E-state index in [-0.39, 0.29) is 36.8 Å². The lowest BCUT2D eigenvalue weighted by molar-refractivity contribution is -0.134. The van der Waals surface area contributed by atoms with Crippen LogP contribution in [-0.2, 0) is 22.1 Å². The Labute approximate surface area is 147 Å². The van der Waals surface area contributed by atoms with Crippen LogP contribution in [0.5, 0.6) is 5.75 Å². The predicted molar refractivity (Wildman–Crippen MR) is 92.7 cm³/mol. The van der Waals surface area contributed by atoms with Crippen molar-refractivity contribution < 1.29 is 17.9 Å². The first-order chi connectivity index (χ1) is 11.6. The number of nitrogens with zero attached hydrogens (tertiary/aromatic N) is 4. The Bertz CT molecular complexity index is 795. The first-order valence-electron chi connectivity index (χ1n) is 7.88. The fourth-order valence-electron chi connectivity index (χ4n) is 2.44. The summed E-state index contributed by atoms with van der Waals surface area (Å²) in [4.78, 5) is 25.6. The molecule has 1 aliphatic heterocycles. The molecular weight excluding hydrogens is 348 g/mol. The molecule has 1 saturated heterocycles. The van der Waals surface area contributed by atoms with Crippen molar-refractivity contribution in [3.63, 3.8) is 0 Å². The monoisotopic (exact) mass is 372 g/mol. The van der Waals surface area contributed by atoms with Crippen LogP contribution in [0.1, 0.15) is 5.69 Å². The van der Waals surface area contributed by atoms with Gasteiger partial charge in [-0.15, -0.1) is 0 Å². The van der Waals surface area contributed by atoms with E-state index in [2.05, 4.69) is 0 Å². The van der Waals surface area contributed by atoms with Crippen molar-refractivity contribution in [1.82, 2.24) is 18.1 Å². The quantitative estimate of drug-likeness (QED) is 0.663. The van der Waals surface area contributed by atoms with Gasteiger partial charge in [-0.2, -0.15) is 17.0 Å². The summed E-state index contributed by atoms with van der Waals surface area (Å²) in [6, 6.07) is 1.45. The first kappa shape index (κ1) is 19.4. The number of carbonyl (C=O) groups excluding carboxylic acids is 1. The fraction of sp³-hybridized carbons (Fsp3) is 0.600. The number of hydrogen-bond acceptors (Lipinski definition) is 5. The van der Waals surface area contributed by atoms with E-state index in [9.17, 15) is 18.0 Å². The molecule has 1 aliphatic rings. The van der Waals surface area contributed by atoms with E-state index in [0.29, 0.717) is 13.1 Å². The minimum atomic E-state index is -3.47. The molecule has 0 spiro atoms. The number of hydrogen-bond donors (Lipinski definition) is 0. The molecule has 0 unspecified atom stereocenters. The third kappa shape index (κ3) is 4.39. The Balaban J connectivity index is 1.92. The Kier molecular flexibility index (Phi) is 5.86. The summed E-state index contributed by atoms with van der Waals surface area (Å²) in [7, 11) is 1.27. The van der Waals surface area contributed by atoms with E-state index >= 15 is 0 Å². The third-order valence-corrected chi connectivity index (χ3v) is 6.12. The van der Waals surface area contributed by atoms with Gasteiger partial charge in [0.05, 0.1) is 0 Å². The Hall–Kier alpha value is -1.91. The van der Waals surface area contributed by atoms with E-state index < -0.39 is 10.2 Å². The van der Waals surface area contributed by atoms with Crippen LogP contribution in [0.3, 0.4) is 0 Å². The molecule has 0 aromatic carbocycles. The molecule has 25 heavy (non-hydrogen) atoms. The summed E-state index contributed by atoms with van der Waals surface area (Å²) >= 11 is 0. The summed E-state index contributed by atoms with van der Waals surface area (Å²) in [6.45, 7) is 2.61. The van der Waals surface area contributed by atoms with Gasteiger partial charge >= 0.3 is 0 Å². The van der Waals surface area contributed by atoms with Gasteiger partial charge in [-0.1, -0.05) is 0 Å². The number of ether oxygens (including phenoxy) is 1. The molecular formula is C15H24N4O5S. The number of carbonyl (C=O) groups is 1. The topological polar surface area (TPSA) is 92.2 Å². The molecule has 0 bridgehead atoms. The molecule has 1 aromatic rings. The molecule has 0 saturated carbocycles. The molecule has 140 valence electrons. The van der Waals surface area contributed by atoms with Crippen LogP contribution < -0.4 is 10.2 Å². The second-order valence-corrected chi connectivity index (χ2v) is 8.26. The zero-order valence-electron chi connectivity index (χ0n) is 14.9. The van der Waals surface area contributed by atoms with Gasteiger partial charge in [0.15, 0.2) is 12.4 Å². The number of pyridine rings is 1. The maximum Gasteiger partial charge on any atom is 0.281 e. The Morgan fingerprint density at radius 2 is 1.84 bits per heavy atom. The second-order valence-electron chi connectivity index (χ2n) is 6.11. The van der Waals surface area contributed by atoms with Gasteiger partial charge in [0.25, 0.3) is 16.1 Å². The SMILES string of the molecule is Cc1cc(=O)c(OCC(=O)N2CCN(S(=O)(=O)N(C)C)CC2)cn1C. The van der Waals surface area contributed by atoms with Crippen molar-refractivity contribution in [3.8, 4) is 5.75 Å². The van der Waals surface area contributed by atoms with Gasteiger partial charge in [0.1, 0.15) is 0 Å². The zero-order chi connectivity index (χ0) is 18.8. The lowest BCUT2D eigenvalue weighted by atomic mass is 10.3. The molecule has 0 atom stereocenters. The number of amides is 1. The average molecular weight is 372 g/mol. The van der Waals surface area contributed by atoms with E-state index in [4.69, 9.17) is 4.74 Å². The molecule has 0 N–H and O–H groups in total. The summed E-state index contributed by atoms with van der Waals surface area (Å²) in [5.74, 6) is -0.153. The molecule has 0 aliphatic carbocycles. The maximum absolute atomic E-state index is 12.2. The predicted octanol–water partition coefficient (Wildman–Crippen LogP) is -0.977. The lowest BCUT2D eigenvalue weighted by Gasteiger charge is -2.35. The number of rotatable bonds is 5. The number of aromatic nitrogens is 1. The molecule has 2 rings (SSSR count). The van der Waals surface area contributed by atoms with Gasteiger partial charge in [0, 0.05) is 65.3 Å². The normalized spacial score (nSPS) is 16.3. The summed E-state index contributed by atoms with van der Waals surface area (Å²) in [5.41, 5.74) is 0.521. The molecule has 2 heterocycles. The van der Waals surface area contributed by atoms with Gasteiger partial charge in [-0.25, -0.2) is 0 Å². The summed E-state index contributed by atoms with van der Waals surface area (Å²) < 4.78 is 33.7. The van der Waals surface area contributed by atoms with E-state index in [1.165, 1.54) is 24.5 Å². The Morgan fingerprint density at radius 3 is 2.40 bits per heavy atom. The van der Waals surface area contributed by atoms with Crippen LogP contribution in [0.4, 0.5) is 0 Å². The van der Waals surface area contributed by atoms with E-state index in [0.717, 1.165) is 10.00 Å². The van der Waals surface area contributed by atoms with Crippen LogP contribution in [0, 0.1) is 6.92 Å². The zero-order valence-corrected chi connectivity index (χ0v) is 15.7. The van der Waals surface area contributed by atoms with Gasteiger partial charge in [0.2, 0.25) is 5.43 Å². The van der Waals surface area contributed by atoms with Crippen molar-refractivity contribution in [2.24, 2.45) is 7.05 Å². The molecule has 0 radical (unpaired) electrons. The smallest absolute Gasteiger partial charge is 0.281 e. The highest BCUT2D eigenvalue weighted by atomic mass is 32.2. The first-order valence-corrected chi connectivity index (χ1v) is 9.28. The van der Waals surface area contributed by atoms with Gasteiger partial charge in [-0.05, 0) is 6.92 Å². The highest BCUT2D eigenvalue weighted by Crippen LogP contribution is 2.10. The van der Waals surface area contributed by atoms with Crippen LogP contribution in [0.15, 0.2) is 17.1 Å². The van der Waals surface area contributed by atoms with E-state index in [1.807, 2.05) is 0 Å². The third-order valence-electron chi connectivity index (χ3n) is 4.18. The summed E-state index contributed by atoms with van der Waals surface area (Å²) in [6.07, 6.45) is 1.55. The molecule has 1 aromatic heterocycles. The Morgan fingerprint density at radius 1 is 1.24 bits per heavy atom. The van der Waals surface area contributed by atoms with Crippen molar-refractivity contribution in [2.45, 2.75) is 6.92 Å². The lowest BCUT2D eigenvalue weighted by Crippen LogP contribution is -2.53. The standard InChI is InChI=1S/C15H24N4O5S/c1-12-9-13(20)14(10-17(12)4)24-11-15(21)18-5-7-19(8-6-18)25(22,23)16(2)3/h9-10H,5-8,11H2,1-4H3. The van der Waals surface area contributed by atoms with Crippen LogP contribution in [0.2, 0.25) is 0 Å². The average Bonchev–Trinajstić information content (AvgIpc) is 2.56. The number of aryl methyl sites for hydroxylation is 2.